The monoisotopic (exact) mass is 747 g/mol. The van der Waals surface area contributed by atoms with Crippen molar-refractivity contribution in [1.82, 2.24) is 44.5 Å². The number of fused-ring (bicyclic) bond motifs is 2. The first-order chi connectivity index (χ1) is 21.7. The number of nitrogens with zero attached hydrogens (tertiary/aromatic N) is 8. The number of nitrogens with two attached hydrogens (primary N) is 2. The fourth-order valence-corrected chi connectivity index (χ4v) is 7.57. The summed E-state index contributed by atoms with van der Waals surface area (Å²) in [6, 6.07) is 0. The van der Waals surface area contributed by atoms with Gasteiger partial charge < -0.3 is 35.8 Å². The van der Waals surface area contributed by atoms with E-state index in [2.05, 4.69) is 47.5 Å². The van der Waals surface area contributed by atoms with Gasteiger partial charge >= 0.3 is 12.6 Å². The minimum absolute atomic E-state index is 0.0336. The Hall–Kier alpha value is -2.57. The molecular formula is C19H22F3N11O8P2S3. The molecule has 0 spiro atoms. The number of hydrogen-bond donors (Lipinski definition) is 7. The van der Waals surface area contributed by atoms with E-state index in [1.54, 1.807) is 0 Å². The molecule has 4 aromatic heterocycles. The lowest BCUT2D eigenvalue weighted by Gasteiger charge is -2.27. The highest BCUT2D eigenvalue weighted by Crippen LogP contribution is 2.55. The van der Waals surface area contributed by atoms with Crippen LogP contribution < -0.4 is 17.0 Å². The van der Waals surface area contributed by atoms with E-state index in [0.717, 1.165) is 18.1 Å². The first-order valence-corrected chi connectivity index (χ1v) is 18.0. The van der Waals surface area contributed by atoms with Gasteiger partial charge in [-0.15, -0.1) is 16.9 Å². The first kappa shape index (κ1) is 34.8. The second kappa shape index (κ2) is 13.5. The molecule has 1 unspecified atom stereocenters. The molecule has 27 heteroatoms. The third kappa shape index (κ3) is 6.45. The average molecular weight is 748 g/mol. The summed E-state index contributed by atoms with van der Waals surface area (Å²) in [7, 11) is -0.139. The SMILES string of the molecule is Nc1nc2c(ncn2[C@@H]2S[C@H](CO)[C@H](F)[C@H]2OP(O)(=S)OC[C@H]2O[C@@H](n3nnc4c(N)ncnc43)C(F)(F)[C@@H]2O)c(=O)[nH]1.O=PS. The predicted octanol–water partition coefficient (Wildman–Crippen LogP) is 0.0984. The van der Waals surface area contributed by atoms with Crippen LogP contribution in [0.1, 0.15) is 11.6 Å². The molecule has 0 amide bonds. The second-order valence-corrected chi connectivity index (χ2v) is 14.3. The van der Waals surface area contributed by atoms with Crippen molar-refractivity contribution < 1.29 is 46.6 Å². The number of nitrogen functional groups attached to an aromatic ring is 2. The van der Waals surface area contributed by atoms with E-state index < -0.39 is 72.7 Å². The highest BCUT2D eigenvalue weighted by atomic mass is 32.7. The summed E-state index contributed by atoms with van der Waals surface area (Å²) in [5, 5.41) is 25.2. The van der Waals surface area contributed by atoms with E-state index in [4.69, 9.17) is 41.6 Å². The Bertz CT molecular complexity index is 1860. The molecule has 0 saturated carbocycles. The molecule has 8 N–H and O–H groups in total. The van der Waals surface area contributed by atoms with Gasteiger partial charge in [-0.2, -0.15) is 18.4 Å². The molecule has 250 valence electrons. The van der Waals surface area contributed by atoms with Crippen LogP contribution in [0, 0.1) is 0 Å². The van der Waals surface area contributed by atoms with E-state index in [1.807, 2.05) is 0 Å². The molecule has 8 atom stereocenters. The molecule has 2 fully saturated rings. The van der Waals surface area contributed by atoms with Crippen LogP contribution in [0.15, 0.2) is 17.4 Å². The lowest BCUT2D eigenvalue weighted by Crippen LogP contribution is -2.40. The van der Waals surface area contributed by atoms with Crippen molar-refractivity contribution in [3.8, 4) is 0 Å². The van der Waals surface area contributed by atoms with Crippen LogP contribution in [0.25, 0.3) is 22.3 Å². The average Bonchev–Trinajstić information content (AvgIpc) is 3.73. The maximum absolute atomic E-state index is 15.4. The van der Waals surface area contributed by atoms with E-state index in [9.17, 15) is 19.9 Å². The van der Waals surface area contributed by atoms with Crippen LogP contribution in [0.4, 0.5) is 24.9 Å². The quantitative estimate of drug-likeness (QED) is 0.0929. The Labute approximate surface area is 269 Å². The van der Waals surface area contributed by atoms with Crippen molar-refractivity contribution in [2.75, 3.05) is 24.7 Å². The largest absolute Gasteiger partial charge is 0.395 e. The summed E-state index contributed by atoms with van der Waals surface area (Å²) < 4.78 is 72.2. The number of ether oxygens (including phenoxy) is 1. The number of aromatic nitrogens is 9. The zero-order valence-electron chi connectivity index (χ0n) is 22.5. The molecule has 2 aliphatic rings. The topological polar surface area (TPSA) is 278 Å². The Balaban J connectivity index is 0.00000134. The number of thiol groups is 1. The molecule has 0 bridgehead atoms. The van der Waals surface area contributed by atoms with Gasteiger partial charge in [0.15, 0.2) is 34.2 Å². The van der Waals surface area contributed by atoms with Crippen LogP contribution >= 0.6 is 38.4 Å². The zero-order valence-corrected chi connectivity index (χ0v) is 26.8. The molecule has 6 heterocycles. The number of aromatic amines is 1. The first-order valence-electron chi connectivity index (χ1n) is 12.5. The standard InChI is InChI=1S/C19H21F3N11O7PS2.HOPS/c20-7-6(1-34)43-16(32-4-27-9-14(32)28-18(24)29-15(9)36)10(7)40-41(37,42)38-2-5-11(35)19(21,22)17(39-5)33-13-8(30-31-33)12(23)25-3-26-13;1-2-3/h3-7,10-11,16-17,34-35H,1-2H2,(H,37,42)(H2,23,25,26)(H3,24,28,29,36);(H,1,3)/t5-,6-,7+,10-,11-,16-,17-,41?;/m1./s1. The van der Waals surface area contributed by atoms with Crippen molar-refractivity contribution in [1.29, 1.82) is 0 Å². The number of hydrogen-bond acceptors (Lipinski definition) is 17. The van der Waals surface area contributed by atoms with Gasteiger partial charge in [-0.3, -0.25) is 23.4 Å². The second-order valence-electron chi connectivity index (χ2n) is 9.49. The van der Waals surface area contributed by atoms with E-state index in [0.29, 0.717) is 4.68 Å². The fraction of sp³-hybridized carbons (Fsp3) is 0.526. The Kier molecular flexibility index (Phi) is 10.2. The maximum atomic E-state index is 15.4. The van der Waals surface area contributed by atoms with Crippen LogP contribution in [0.5, 0.6) is 0 Å². The van der Waals surface area contributed by atoms with Gasteiger partial charge in [-0.25, -0.2) is 19.3 Å². The van der Waals surface area contributed by atoms with Gasteiger partial charge in [-0.05, 0) is 11.8 Å². The summed E-state index contributed by atoms with van der Waals surface area (Å²) in [5.74, 6) is -4.32. The van der Waals surface area contributed by atoms with E-state index in [1.165, 1.54) is 10.9 Å². The van der Waals surface area contributed by atoms with Gasteiger partial charge in [0, 0.05) is 0 Å². The molecule has 19 nitrogen and oxygen atoms in total. The van der Waals surface area contributed by atoms with Crippen molar-refractivity contribution in [2.45, 2.75) is 47.3 Å². The summed E-state index contributed by atoms with van der Waals surface area (Å²) in [6.07, 6.45) is -7.79. The molecule has 4 aromatic rings. The Morgan fingerprint density at radius 1 is 1.28 bits per heavy atom. The number of thioether (sulfide) groups is 1. The lowest BCUT2D eigenvalue weighted by molar-refractivity contribution is -0.142. The van der Waals surface area contributed by atoms with Crippen molar-refractivity contribution in [3.63, 3.8) is 0 Å². The number of anilines is 2. The lowest BCUT2D eigenvalue weighted by atomic mass is 10.1. The maximum Gasteiger partial charge on any atom is 0.325 e. The molecular weight excluding hydrogens is 725 g/mol. The minimum Gasteiger partial charge on any atom is -0.395 e. The van der Waals surface area contributed by atoms with Gasteiger partial charge in [0.2, 0.25) is 19.8 Å². The summed E-state index contributed by atoms with van der Waals surface area (Å²) >= 11 is 9.12. The fourth-order valence-electron chi connectivity index (χ4n) is 4.67. The molecule has 0 aromatic carbocycles. The van der Waals surface area contributed by atoms with E-state index >= 15 is 13.2 Å². The van der Waals surface area contributed by atoms with Crippen molar-refractivity contribution >= 4 is 84.3 Å². The van der Waals surface area contributed by atoms with Crippen LogP contribution in [0.3, 0.4) is 0 Å². The number of nitrogens with one attached hydrogen (secondary N) is 1. The minimum atomic E-state index is -4.44. The van der Waals surface area contributed by atoms with Gasteiger partial charge in [0.25, 0.3) is 5.56 Å². The summed E-state index contributed by atoms with van der Waals surface area (Å²) in [4.78, 5) is 40.8. The molecule has 2 aliphatic heterocycles. The highest BCUT2D eigenvalue weighted by Gasteiger charge is 2.61. The number of H-pyrrole nitrogens is 1. The Morgan fingerprint density at radius 3 is 2.70 bits per heavy atom. The van der Waals surface area contributed by atoms with Crippen LogP contribution in [-0.2, 0) is 30.2 Å². The zero-order chi connectivity index (χ0) is 33.6. The van der Waals surface area contributed by atoms with Crippen LogP contribution in [0.2, 0.25) is 0 Å². The molecule has 2 saturated heterocycles. The summed E-state index contributed by atoms with van der Waals surface area (Å²) in [6.45, 7) is -5.98. The number of halogens is 3. The molecule has 0 aliphatic carbocycles. The number of imidazole rings is 1. The highest BCUT2D eigenvalue weighted by molar-refractivity contribution is 8.33. The van der Waals surface area contributed by atoms with Gasteiger partial charge in [-0.1, -0.05) is 17.5 Å². The van der Waals surface area contributed by atoms with Gasteiger partial charge in [0.1, 0.15) is 30.1 Å². The molecule has 6 rings (SSSR count). The summed E-state index contributed by atoms with van der Waals surface area (Å²) in [5.41, 5.74) is 10.2. The number of aliphatic hydroxyl groups excluding tert-OH is 2. The predicted molar refractivity (Wildman–Crippen MR) is 161 cm³/mol. The smallest absolute Gasteiger partial charge is 0.325 e. The van der Waals surface area contributed by atoms with Gasteiger partial charge in [0.05, 0.1) is 24.8 Å². The third-order valence-corrected chi connectivity index (χ3v) is 9.81. The van der Waals surface area contributed by atoms with E-state index in [-0.39, 0.29) is 41.8 Å². The Morgan fingerprint density at radius 2 is 2.00 bits per heavy atom. The van der Waals surface area contributed by atoms with Crippen molar-refractivity contribution in [2.24, 2.45) is 0 Å². The van der Waals surface area contributed by atoms with Crippen LogP contribution in [-0.4, -0.2) is 108 Å². The molecule has 0 radical (unpaired) electrons. The normalized spacial score (nSPS) is 28.8. The number of rotatable bonds is 8. The van der Waals surface area contributed by atoms with Crippen molar-refractivity contribution in [3.05, 3.63) is 23.0 Å². The number of aliphatic hydroxyl groups is 2. The third-order valence-electron chi connectivity index (χ3n) is 6.72. The molecule has 46 heavy (non-hydrogen) atoms. The number of alkyl halides is 3.